The largest absolute Gasteiger partial charge is 0.370 e. The van der Waals surface area contributed by atoms with E-state index in [1.807, 2.05) is 11.3 Å². The Morgan fingerprint density at radius 3 is 2.92 bits per heavy atom. The van der Waals surface area contributed by atoms with Crippen LogP contribution in [0.15, 0.2) is 17.5 Å². The van der Waals surface area contributed by atoms with E-state index in [0.29, 0.717) is 0 Å². The van der Waals surface area contributed by atoms with Crippen LogP contribution in [0.5, 0.6) is 0 Å². The molecule has 1 aliphatic rings. The second-order valence-corrected chi connectivity index (χ2v) is 4.15. The Morgan fingerprint density at radius 2 is 2.25 bits per heavy atom. The van der Waals surface area contributed by atoms with Crippen molar-refractivity contribution < 1.29 is 9.64 Å². The summed E-state index contributed by atoms with van der Waals surface area (Å²) < 4.78 is 5.30. The number of nitrogens with one attached hydrogen (secondary N) is 1. The van der Waals surface area contributed by atoms with Crippen molar-refractivity contribution in [3.63, 3.8) is 0 Å². The molecule has 0 aromatic carbocycles. The van der Waals surface area contributed by atoms with Crippen molar-refractivity contribution >= 4 is 11.3 Å². The van der Waals surface area contributed by atoms with Crippen LogP contribution in [0.4, 0.5) is 0 Å². The van der Waals surface area contributed by atoms with Crippen LogP contribution in [0.25, 0.3) is 0 Å². The van der Waals surface area contributed by atoms with Crippen molar-refractivity contribution in [2.75, 3.05) is 26.3 Å². The van der Waals surface area contributed by atoms with E-state index in [-0.39, 0.29) is 0 Å². The van der Waals surface area contributed by atoms with Gasteiger partial charge in [-0.05, 0) is 11.4 Å². The Kier molecular flexibility index (Phi) is 2.76. The Balaban J connectivity index is 1.86. The average Bonchev–Trinajstić information content (AvgIpc) is 2.59. The SMILES string of the molecule is c1csc(C[NH+]2CCOCC2)c1. The van der Waals surface area contributed by atoms with E-state index in [1.165, 1.54) is 11.4 Å². The molecule has 1 aromatic heterocycles. The summed E-state index contributed by atoms with van der Waals surface area (Å²) in [6.45, 7) is 5.37. The van der Waals surface area contributed by atoms with E-state index in [2.05, 4.69) is 17.5 Å². The van der Waals surface area contributed by atoms with Gasteiger partial charge in [0.2, 0.25) is 0 Å². The molecule has 0 spiro atoms. The summed E-state index contributed by atoms with van der Waals surface area (Å²) in [4.78, 5) is 3.15. The quantitative estimate of drug-likeness (QED) is 0.691. The van der Waals surface area contributed by atoms with Gasteiger partial charge in [0.1, 0.15) is 19.6 Å². The molecule has 0 aliphatic carbocycles. The van der Waals surface area contributed by atoms with Crippen LogP contribution in [-0.4, -0.2) is 26.3 Å². The molecular weight excluding hydrogens is 170 g/mol. The third-order valence-corrected chi connectivity index (χ3v) is 3.08. The van der Waals surface area contributed by atoms with E-state index < -0.39 is 0 Å². The number of morpholine rings is 1. The molecule has 0 amide bonds. The van der Waals surface area contributed by atoms with Crippen LogP contribution in [0.1, 0.15) is 4.88 Å². The predicted molar refractivity (Wildman–Crippen MR) is 49.5 cm³/mol. The lowest BCUT2D eigenvalue weighted by molar-refractivity contribution is -0.921. The van der Waals surface area contributed by atoms with Gasteiger partial charge >= 0.3 is 0 Å². The summed E-state index contributed by atoms with van der Waals surface area (Å²) in [5.41, 5.74) is 0. The third-order valence-electron chi connectivity index (χ3n) is 2.20. The highest BCUT2D eigenvalue weighted by molar-refractivity contribution is 7.09. The van der Waals surface area contributed by atoms with Crippen LogP contribution in [0.3, 0.4) is 0 Å². The summed E-state index contributed by atoms with van der Waals surface area (Å²) in [5.74, 6) is 0. The highest BCUT2D eigenvalue weighted by Crippen LogP contribution is 2.05. The van der Waals surface area contributed by atoms with E-state index >= 15 is 0 Å². The zero-order chi connectivity index (χ0) is 8.23. The first kappa shape index (κ1) is 8.23. The summed E-state index contributed by atoms with van der Waals surface area (Å²) in [7, 11) is 0. The molecule has 12 heavy (non-hydrogen) atoms. The van der Waals surface area contributed by atoms with E-state index in [4.69, 9.17) is 4.74 Å². The maximum Gasteiger partial charge on any atom is 0.112 e. The fourth-order valence-electron chi connectivity index (χ4n) is 1.50. The topological polar surface area (TPSA) is 13.7 Å². The number of hydrogen-bond donors (Lipinski definition) is 1. The summed E-state index contributed by atoms with van der Waals surface area (Å²) in [6.07, 6.45) is 0. The lowest BCUT2D eigenvalue weighted by Gasteiger charge is -2.22. The number of quaternary nitrogens is 1. The van der Waals surface area contributed by atoms with Gasteiger partial charge in [0.05, 0.1) is 18.1 Å². The van der Waals surface area contributed by atoms with Gasteiger partial charge in [0, 0.05) is 0 Å². The molecule has 1 N–H and O–H groups in total. The minimum atomic E-state index is 0.931. The average molecular weight is 184 g/mol. The fraction of sp³-hybridized carbons (Fsp3) is 0.556. The maximum absolute atomic E-state index is 5.30. The van der Waals surface area contributed by atoms with Crippen molar-refractivity contribution in [2.45, 2.75) is 6.54 Å². The Hall–Kier alpha value is -0.380. The molecule has 2 heterocycles. The molecule has 0 unspecified atom stereocenters. The molecule has 1 aliphatic heterocycles. The highest BCUT2D eigenvalue weighted by Gasteiger charge is 2.13. The zero-order valence-electron chi connectivity index (χ0n) is 7.08. The first-order chi connectivity index (χ1) is 5.95. The number of ether oxygens (including phenoxy) is 1. The minimum absolute atomic E-state index is 0.931. The molecule has 1 fully saturated rings. The normalized spacial score (nSPS) is 19.7. The molecule has 2 rings (SSSR count). The predicted octanol–water partition coefficient (Wildman–Crippen LogP) is 0.163. The molecule has 1 aromatic rings. The van der Waals surface area contributed by atoms with Gasteiger partial charge in [-0.3, -0.25) is 0 Å². The van der Waals surface area contributed by atoms with Crippen molar-refractivity contribution in [3.05, 3.63) is 22.4 Å². The van der Waals surface area contributed by atoms with E-state index in [9.17, 15) is 0 Å². The van der Waals surface area contributed by atoms with Crippen molar-refractivity contribution in [1.82, 2.24) is 0 Å². The number of rotatable bonds is 2. The van der Waals surface area contributed by atoms with Crippen LogP contribution < -0.4 is 4.90 Å². The van der Waals surface area contributed by atoms with Gasteiger partial charge < -0.3 is 9.64 Å². The lowest BCUT2D eigenvalue weighted by Crippen LogP contribution is -3.12. The monoisotopic (exact) mass is 184 g/mol. The number of thiophene rings is 1. The summed E-state index contributed by atoms with van der Waals surface area (Å²) in [5, 5.41) is 2.15. The Morgan fingerprint density at radius 1 is 1.42 bits per heavy atom. The van der Waals surface area contributed by atoms with E-state index in [0.717, 1.165) is 26.3 Å². The molecule has 1 saturated heterocycles. The van der Waals surface area contributed by atoms with Crippen LogP contribution in [0.2, 0.25) is 0 Å². The van der Waals surface area contributed by atoms with Gasteiger partial charge in [0.25, 0.3) is 0 Å². The molecule has 0 bridgehead atoms. The zero-order valence-corrected chi connectivity index (χ0v) is 7.90. The van der Waals surface area contributed by atoms with Gasteiger partial charge in [-0.25, -0.2) is 0 Å². The second-order valence-electron chi connectivity index (χ2n) is 3.12. The van der Waals surface area contributed by atoms with Gasteiger partial charge in [-0.2, -0.15) is 0 Å². The van der Waals surface area contributed by atoms with Crippen molar-refractivity contribution in [1.29, 1.82) is 0 Å². The number of hydrogen-bond acceptors (Lipinski definition) is 2. The second kappa shape index (κ2) is 4.03. The Bertz CT molecular complexity index is 216. The van der Waals surface area contributed by atoms with Crippen molar-refractivity contribution in [3.8, 4) is 0 Å². The minimum Gasteiger partial charge on any atom is -0.370 e. The molecule has 0 saturated carbocycles. The first-order valence-corrected chi connectivity index (χ1v) is 5.27. The fourth-order valence-corrected chi connectivity index (χ4v) is 2.27. The maximum atomic E-state index is 5.30. The molecule has 2 nitrogen and oxygen atoms in total. The summed E-state index contributed by atoms with van der Waals surface area (Å²) in [6, 6.07) is 4.34. The molecule has 66 valence electrons. The smallest absolute Gasteiger partial charge is 0.112 e. The van der Waals surface area contributed by atoms with Crippen LogP contribution >= 0.6 is 11.3 Å². The van der Waals surface area contributed by atoms with Crippen molar-refractivity contribution in [2.24, 2.45) is 0 Å². The van der Waals surface area contributed by atoms with Gasteiger partial charge in [0.15, 0.2) is 0 Å². The van der Waals surface area contributed by atoms with Gasteiger partial charge in [-0.15, -0.1) is 11.3 Å². The third kappa shape index (κ3) is 2.06. The first-order valence-electron chi connectivity index (χ1n) is 4.39. The highest BCUT2D eigenvalue weighted by atomic mass is 32.1. The molecule has 0 radical (unpaired) electrons. The van der Waals surface area contributed by atoms with E-state index in [1.54, 1.807) is 4.90 Å². The standard InChI is InChI=1S/C9H13NOS/c1-2-9(12-7-1)8-10-3-5-11-6-4-10/h1-2,7H,3-6,8H2/p+1. The molecular formula is C9H14NOS+. The van der Waals surface area contributed by atoms with Crippen LogP contribution in [-0.2, 0) is 11.3 Å². The lowest BCUT2D eigenvalue weighted by atomic mass is 10.4. The molecule has 3 heteroatoms. The Labute approximate surface area is 76.8 Å². The van der Waals surface area contributed by atoms with Crippen LogP contribution in [0, 0.1) is 0 Å². The summed E-state index contributed by atoms with van der Waals surface area (Å²) >= 11 is 1.85. The van der Waals surface area contributed by atoms with Gasteiger partial charge in [-0.1, -0.05) is 6.07 Å². The molecule has 0 atom stereocenters.